The summed E-state index contributed by atoms with van der Waals surface area (Å²) in [6.07, 6.45) is 1.04. The number of benzene rings is 3. The smallest absolute Gasteiger partial charge is 0.258 e. The van der Waals surface area contributed by atoms with Gasteiger partial charge in [-0.1, -0.05) is 62.4 Å². The van der Waals surface area contributed by atoms with Gasteiger partial charge in [0, 0.05) is 43.0 Å². The molecule has 5 rings (SSSR count). The van der Waals surface area contributed by atoms with E-state index in [1.807, 2.05) is 93.3 Å². The third-order valence-corrected chi connectivity index (χ3v) is 8.91. The molecule has 1 N–H and O–H groups in total. The molecule has 0 aliphatic carbocycles. The van der Waals surface area contributed by atoms with Crippen LogP contribution in [0.1, 0.15) is 82.8 Å². The van der Waals surface area contributed by atoms with Gasteiger partial charge in [0.2, 0.25) is 5.91 Å². The Morgan fingerprint density at radius 1 is 0.896 bits per heavy atom. The number of hydrogen-bond acceptors (Lipinski definition) is 4. The van der Waals surface area contributed by atoms with Crippen molar-refractivity contribution in [3.63, 3.8) is 0 Å². The van der Waals surface area contributed by atoms with Gasteiger partial charge in [0.25, 0.3) is 5.91 Å². The van der Waals surface area contributed by atoms with Gasteiger partial charge >= 0.3 is 0 Å². The van der Waals surface area contributed by atoms with Gasteiger partial charge < -0.3 is 24.3 Å². The van der Waals surface area contributed by atoms with Crippen LogP contribution in [-0.2, 0) is 20.8 Å². The summed E-state index contributed by atoms with van der Waals surface area (Å²) in [5.41, 5.74) is 5.55. The largest absolute Gasteiger partial charge is 0.347 e. The second kappa shape index (κ2) is 15.3. The van der Waals surface area contributed by atoms with Gasteiger partial charge in [0.1, 0.15) is 5.82 Å². The minimum atomic E-state index is -0.857. The first-order valence-electron chi connectivity index (χ1n) is 17.1. The van der Waals surface area contributed by atoms with Crippen LogP contribution in [-0.4, -0.2) is 52.4 Å². The third-order valence-electron chi connectivity index (χ3n) is 8.91. The van der Waals surface area contributed by atoms with E-state index in [9.17, 15) is 14.0 Å². The Morgan fingerprint density at radius 2 is 1.50 bits per heavy atom. The lowest BCUT2D eigenvalue weighted by molar-refractivity contribution is -0.300. The molecule has 0 spiro atoms. The molecule has 2 unspecified atom stereocenters. The van der Waals surface area contributed by atoms with Crippen molar-refractivity contribution in [1.82, 2.24) is 9.47 Å². The van der Waals surface area contributed by atoms with E-state index in [-0.39, 0.29) is 35.8 Å². The standard InChI is InChI=1S/C40H48FN3O4/c1-7-43(8-2)34(45)26-33-25-32(47-40(5,6)48-33)23-24-44-37(27(3)4)36(39(46)42-31-17-13-10-14-18-31)35(28-15-11-9-12-16-28)38(44)29-19-21-30(41)22-20-29/h9-22,27,32-33H,7-8,23-26H2,1-6H3,(H,42,46). The van der Waals surface area contributed by atoms with Crippen LogP contribution in [0, 0.1) is 5.82 Å². The number of para-hydroxylation sites is 1. The molecule has 2 amide bonds. The fourth-order valence-electron chi connectivity index (χ4n) is 6.90. The molecule has 1 saturated heterocycles. The number of nitrogens with zero attached hydrogens (tertiary/aromatic N) is 2. The first kappa shape index (κ1) is 35.0. The number of halogens is 1. The fourth-order valence-corrected chi connectivity index (χ4v) is 6.90. The number of ether oxygens (including phenoxy) is 2. The van der Waals surface area contributed by atoms with Crippen LogP contribution < -0.4 is 5.32 Å². The second-order valence-electron chi connectivity index (χ2n) is 13.2. The number of amides is 2. The summed E-state index contributed by atoms with van der Waals surface area (Å²) in [5, 5.41) is 3.13. The molecular formula is C40H48FN3O4. The Balaban J connectivity index is 1.60. The number of rotatable bonds is 12. The Kier molecular flexibility index (Phi) is 11.2. The topological polar surface area (TPSA) is 72.8 Å². The second-order valence-corrected chi connectivity index (χ2v) is 13.2. The molecule has 1 aromatic heterocycles. The molecule has 2 heterocycles. The summed E-state index contributed by atoms with van der Waals surface area (Å²) in [6.45, 7) is 13.8. The average Bonchev–Trinajstić information content (AvgIpc) is 3.40. The number of carbonyl (C=O) groups excluding carboxylic acids is 2. The van der Waals surface area contributed by atoms with Crippen molar-refractivity contribution < 1.29 is 23.5 Å². The summed E-state index contributed by atoms with van der Waals surface area (Å²) >= 11 is 0. The highest BCUT2D eigenvalue weighted by Crippen LogP contribution is 2.43. The molecule has 1 aliphatic rings. The summed E-state index contributed by atoms with van der Waals surface area (Å²) < 4.78 is 29.2. The quantitative estimate of drug-likeness (QED) is 0.166. The first-order chi connectivity index (χ1) is 23.0. The lowest BCUT2D eigenvalue weighted by Crippen LogP contribution is -2.46. The van der Waals surface area contributed by atoms with E-state index in [4.69, 9.17) is 9.47 Å². The van der Waals surface area contributed by atoms with Gasteiger partial charge in [0.15, 0.2) is 5.79 Å². The lowest BCUT2D eigenvalue weighted by Gasteiger charge is -2.41. The van der Waals surface area contributed by atoms with Crippen LogP contribution in [0.4, 0.5) is 10.1 Å². The number of anilines is 1. The Labute approximate surface area is 284 Å². The van der Waals surface area contributed by atoms with Gasteiger partial charge in [-0.3, -0.25) is 9.59 Å². The van der Waals surface area contributed by atoms with Gasteiger partial charge in [-0.25, -0.2) is 4.39 Å². The normalized spacial score (nSPS) is 17.3. The van der Waals surface area contributed by atoms with Crippen LogP contribution in [0.25, 0.3) is 22.4 Å². The number of carbonyl (C=O) groups is 2. The molecule has 1 fully saturated rings. The van der Waals surface area contributed by atoms with E-state index >= 15 is 0 Å². The molecular weight excluding hydrogens is 605 g/mol. The highest BCUT2D eigenvalue weighted by Gasteiger charge is 2.37. The summed E-state index contributed by atoms with van der Waals surface area (Å²) in [5.74, 6) is -1.33. The van der Waals surface area contributed by atoms with Crippen LogP contribution in [0.3, 0.4) is 0 Å². The monoisotopic (exact) mass is 653 g/mol. The molecule has 2 atom stereocenters. The third kappa shape index (κ3) is 8.05. The molecule has 8 heteroatoms. The zero-order valence-electron chi connectivity index (χ0n) is 29.0. The van der Waals surface area contributed by atoms with E-state index in [2.05, 4.69) is 23.7 Å². The molecule has 3 aromatic carbocycles. The SMILES string of the molecule is CCN(CC)C(=O)CC1CC(CCn2c(-c3ccc(F)cc3)c(-c3ccccc3)c(C(=O)Nc3ccccc3)c2C(C)C)OC(C)(C)O1. The van der Waals surface area contributed by atoms with Crippen LogP contribution in [0.15, 0.2) is 84.9 Å². The Hall–Kier alpha value is -4.27. The Morgan fingerprint density at radius 3 is 2.10 bits per heavy atom. The van der Waals surface area contributed by atoms with E-state index < -0.39 is 5.79 Å². The molecule has 0 radical (unpaired) electrons. The minimum absolute atomic E-state index is 0.0235. The lowest BCUT2D eigenvalue weighted by atomic mass is 9.94. The summed E-state index contributed by atoms with van der Waals surface area (Å²) in [6, 6.07) is 25.8. The minimum Gasteiger partial charge on any atom is -0.347 e. The molecule has 254 valence electrons. The maximum Gasteiger partial charge on any atom is 0.258 e. The highest BCUT2D eigenvalue weighted by atomic mass is 19.1. The highest BCUT2D eigenvalue weighted by molar-refractivity contribution is 6.12. The van der Waals surface area contributed by atoms with Crippen LogP contribution in [0.5, 0.6) is 0 Å². The van der Waals surface area contributed by atoms with Gasteiger partial charge in [-0.05, 0) is 87.6 Å². The first-order valence-corrected chi connectivity index (χ1v) is 17.1. The van der Waals surface area contributed by atoms with E-state index in [0.29, 0.717) is 50.1 Å². The molecule has 1 aliphatic heterocycles. The summed E-state index contributed by atoms with van der Waals surface area (Å²) in [4.78, 5) is 29.2. The predicted molar refractivity (Wildman–Crippen MR) is 189 cm³/mol. The molecule has 0 saturated carbocycles. The van der Waals surface area contributed by atoms with Crippen molar-refractivity contribution in [2.45, 2.75) is 91.3 Å². The van der Waals surface area contributed by atoms with E-state index in [1.165, 1.54) is 12.1 Å². The van der Waals surface area contributed by atoms with Crippen LogP contribution in [0.2, 0.25) is 0 Å². The summed E-state index contributed by atoms with van der Waals surface area (Å²) in [7, 11) is 0. The molecule has 7 nitrogen and oxygen atoms in total. The molecule has 4 aromatic rings. The van der Waals surface area contributed by atoms with Crippen molar-refractivity contribution in [1.29, 1.82) is 0 Å². The molecule has 48 heavy (non-hydrogen) atoms. The molecule has 0 bridgehead atoms. The van der Waals surface area contributed by atoms with Crippen LogP contribution >= 0.6 is 0 Å². The predicted octanol–water partition coefficient (Wildman–Crippen LogP) is 8.90. The number of hydrogen-bond donors (Lipinski definition) is 1. The zero-order valence-corrected chi connectivity index (χ0v) is 29.0. The maximum atomic E-state index is 14.4. The van der Waals surface area contributed by atoms with E-state index in [1.54, 1.807) is 12.1 Å². The van der Waals surface area contributed by atoms with Gasteiger partial charge in [0.05, 0.1) is 29.9 Å². The van der Waals surface area contributed by atoms with E-state index in [0.717, 1.165) is 28.1 Å². The number of aromatic nitrogens is 1. The van der Waals surface area contributed by atoms with Crippen molar-refractivity contribution in [3.8, 4) is 22.4 Å². The van der Waals surface area contributed by atoms with Crippen molar-refractivity contribution >= 4 is 17.5 Å². The zero-order chi connectivity index (χ0) is 34.4. The number of nitrogens with one attached hydrogen (secondary N) is 1. The fraction of sp³-hybridized carbons (Fsp3) is 0.400. The van der Waals surface area contributed by atoms with Gasteiger partial charge in [-0.2, -0.15) is 0 Å². The average molecular weight is 654 g/mol. The van der Waals surface area contributed by atoms with Crippen molar-refractivity contribution in [3.05, 3.63) is 102 Å². The Bertz CT molecular complexity index is 1680. The van der Waals surface area contributed by atoms with Gasteiger partial charge in [-0.15, -0.1) is 0 Å². The van der Waals surface area contributed by atoms with Crippen molar-refractivity contribution in [2.75, 3.05) is 18.4 Å². The maximum absolute atomic E-state index is 14.4. The van der Waals surface area contributed by atoms with Crippen molar-refractivity contribution in [2.24, 2.45) is 0 Å².